The Kier molecular flexibility index (Phi) is 6.20. The van der Waals surface area contributed by atoms with Crippen molar-refractivity contribution in [2.45, 2.75) is 37.3 Å². The number of rotatable bonds is 9. The molecule has 0 amide bonds. The quantitative estimate of drug-likeness (QED) is 0.294. The molecule has 0 bridgehead atoms. The number of carboxylic acids is 1. The Morgan fingerprint density at radius 2 is 1.72 bits per heavy atom. The molecule has 5 N–H and O–H groups in total. The van der Waals surface area contributed by atoms with Crippen molar-refractivity contribution in [1.29, 1.82) is 0 Å². The zero-order valence-electron chi connectivity index (χ0n) is 10.1. The molecule has 2 unspecified atom stereocenters. The van der Waals surface area contributed by atoms with E-state index in [-0.39, 0.29) is 19.3 Å². The minimum absolute atomic E-state index is 0.0911. The smallest absolute Gasteiger partial charge is 0.336 e. The van der Waals surface area contributed by atoms with Crippen LogP contribution in [-0.2, 0) is 4.79 Å². The first-order valence-electron chi connectivity index (χ1n) is 5.52. The van der Waals surface area contributed by atoms with E-state index in [1.165, 1.54) is 12.2 Å². The van der Waals surface area contributed by atoms with Crippen LogP contribution in [0.1, 0.15) is 25.7 Å². The number of hydrogen-bond acceptors (Lipinski definition) is 5. The molecule has 0 heterocycles. The third kappa shape index (κ3) is 4.97. The van der Waals surface area contributed by atoms with Crippen LogP contribution in [-0.4, -0.2) is 43.1 Å². The van der Waals surface area contributed by atoms with Crippen LogP contribution in [0.4, 0.5) is 0 Å². The molecule has 0 aliphatic carbocycles. The van der Waals surface area contributed by atoms with Crippen molar-refractivity contribution >= 4 is 5.97 Å². The minimum atomic E-state index is -2.88. The summed E-state index contributed by atoms with van der Waals surface area (Å²) < 4.78 is 0. The van der Waals surface area contributed by atoms with E-state index >= 15 is 0 Å². The Morgan fingerprint density at radius 1 is 1.17 bits per heavy atom. The molecule has 0 aromatic carbocycles. The molecule has 18 heavy (non-hydrogen) atoms. The van der Waals surface area contributed by atoms with E-state index < -0.39 is 29.9 Å². The highest BCUT2D eigenvalue weighted by Crippen LogP contribution is 2.31. The number of allylic oxidation sites excluding steroid dienone is 1. The largest absolute Gasteiger partial charge is 0.479 e. The SMILES string of the molecule is C=CCC(CCC(O)(O)O)C(O)(CC=C)C(=O)O. The van der Waals surface area contributed by atoms with Crippen LogP contribution in [0, 0.1) is 5.92 Å². The Bertz CT molecular complexity index is 306. The highest BCUT2D eigenvalue weighted by atomic mass is 16.7. The molecule has 0 saturated carbocycles. The summed E-state index contributed by atoms with van der Waals surface area (Å²) in [6, 6.07) is 0. The molecule has 0 saturated heterocycles. The van der Waals surface area contributed by atoms with E-state index in [1.807, 2.05) is 0 Å². The second-order valence-corrected chi connectivity index (χ2v) is 4.26. The standard InChI is InChI=1S/C12H20O6/c1-3-5-9(6-8-12(16,17)18)11(15,7-4-2)10(13)14/h3-4,9,15-18H,1-2,5-8H2,(H,13,14). The lowest BCUT2D eigenvalue weighted by Crippen LogP contribution is -2.46. The molecule has 0 aromatic rings. The maximum atomic E-state index is 11.1. The number of carboxylic acid groups (broad SMARTS) is 1. The van der Waals surface area contributed by atoms with Crippen LogP contribution in [0.5, 0.6) is 0 Å². The molecule has 0 aliphatic rings. The Morgan fingerprint density at radius 3 is 2.06 bits per heavy atom. The first-order chi connectivity index (χ1) is 8.17. The van der Waals surface area contributed by atoms with Crippen molar-refractivity contribution in [2.24, 2.45) is 5.92 Å². The van der Waals surface area contributed by atoms with Gasteiger partial charge >= 0.3 is 5.97 Å². The first-order valence-corrected chi connectivity index (χ1v) is 5.52. The topological polar surface area (TPSA) is 118 Å². The lowest BCUT2D eigenvalue weighted by atomic mass is 9.79. The van der Waals surface area contributed by atoms with Crippen LogP contribution in [0.2, 0.25) is 0 Å². The third-order valence-electron chi connectivity index (χ3n) is 2.78. The lowest BCUT2D eigenvalue weighted by molar-refractivity contribution is -0.316. The summed E-state index contributed by atoms with van der Waals surface area (Å²) in [7, 11) is 0. The first kappa shape index (κ1) is 16.8. The van der Waals surface area contributed by atoms with Crippen molar-refractivity contribution in [3.8, 4) is 0 Å². The van der Waals surface area contributed by atoms with Crippen LogP contribution in [0.25, 0.3) is 0 Å². The second kappa shape index (κ2) is 6.65. The molecule has 104 valence electrons. The van der Waals surface area contributed by atoms with Gasteiger partial charge in [-0.1, -0.05) is 12.2 Å². The van der Waals surface area contributed by atoms with Gasteiger partial charge in [-0.2, -0.15) is 0 Å². The van der Waals surface area contributed by atoms with Gasteiger partial charge in [-0.15, -0.1) is 13.2 Å². The van der Waals surface area contributed by atoms with E-state index in [0.717, 1.165) is 0 Å². The molecular weight excluding hydrogens is 240 g/mol. The van der Waals surface area contributed by atoms with Gasteiger partial charge in [0.05, 0.1) is 0 Å². The van der Waals surface area contributed by atoms with Crippen molar-refractivity contribution < 1.29 is 30.3 Å². The fraction of sp³-hybridized carbons (Fsp3) is 0.583. The maximum absolute atomic E-state index is 11.1. The van der Waals surface area contributed by atoms with E-state index in [4.69, 9.17) is 20.4 Å². The van der Waals surface area contributed by atoms with Crippen LogP contribution in [0.15, 0.2) is 25.3 Å². The lowest BCUT2D eigenvalue weighted by Gasteiger charge is -2.32. The molecule has 0 fully saturated rings. The highest BCUT2D eigenvalue weighted by Gasteiger charge is 2.42. The summed E-state index contributed by atoms with van der Waals surface area (Å²) in [5.74, 6) is -5.11. The van der Waals surface area contributed by atoms with Crippen molar-refractivity contribution in [2.75, 3.05) is 0 Å². The Labute approximate surface area is 106 Å². The van der Waals surface area contributed by atoms with Crippen LogP contribution < -0.4 is 0 Å². The fourth-order valence-corrected chi connectivity index (χ4v) is 1.77. The number of aliphatic hydroxyl groups is 4. The summed E-state index contributed by atoms with van der Waals surface area (Å²) in [5.41, 5.74) is -2.07. The van der Waals surface area contributed by atoms with E-state index in [2.05, 4.69) is 13.2 Å². The van der Waals surface area contributed by atoms with Gasteiger partial charge in [0.2, 0.25) is 0 Å². The number of hydrogen-bond donors (Lipinski definition) is 5. The average Bonchev–Trinajstić information content (AvgIpc) is 2.22. The predicted molar refractivity (Wildman–Crippen MR) is 64.3 cm³/mol. The Hall–Kier alpha value is -1.21. The van der Waals surface area contributed by atoms with Gasteiger partial charge in [-0.05, 0) is 12.8 Å². The Balaban J connectivity index is 4.97. The van der Waals surface area contributed by atoms with E-state index in [9.17, 15) is 9.90 Å². The third-order valence-corrected chi connectivity index (χ3v) is 2.78. The molecule has 0 spiro atoms. The van der Waals surface area contributed by atoms with Crippen LogP contribution in [0.3, 0.4) is 0 Å². The van der Waals surface area contributed by atoms with Crippen molar-refractivity contribution in [3.63, 3.8) is 0 Å². The molecule has 0 radical (unpaired) electrons. The predicted octanol–water partition coefficient (Wildman–Crippen LogP) is -0.0186. The molecule has 6 nitrogen and oxygen atoms in total. The molecule has 0 rings (SSSR count). The number of aliphatic carboxylic acids is 1. The van der Waals surface area contributed by atoms with Gasteiger partial charge in [-0.25, -0.2) is 4.79 Å². The fourth-order valence-electron chi connectivity index (χ4n) is 1.77. The summed E-state index contributed by atoms with van der Waals surface area (Å²) in [6.07, 6.45) is 2.11. The van der Waals surface area contributed by atoms with Crippen molar-refractivity contribution in [1.82, 2.24) is 0 Å². The molecule has 6 heteroatoms. The van der Waals surface area contributed by atoms with Gasteiger partial charge < -0.3 is 25.5 Å². The summed E-state index contributed by atoms with van der Waals surface area (Å²) >= 11 is 0. The zero-order valence-corrected chi connectivity index (χ0v) is 10.1. The highest BCUT2D eigenvalue weighted by molar-refractivity contribution is 5.77. The monoisotopic (exact) mass is 260 g/mol. The van der Waals surface area contributed by atoms with Gasteiger partial charge in [0.25, 0.3) is 5.97 Å². The van der Waals surface area contributed by atoms with Gasteiger partial charge in [0.1, 0.15) is 0 Å². The summed E-state index contributed by atoms with van der Waals surface area (Å²) in [5, 5.41) is 45.6. The van der Waals surface area contributed by atoms with Crippen molar-refractivity contribution in [3.05, 3.63) is 25.3 Å². The summed E-state index contributed by atoms with van der Waals surface area (Å²) in [6.45, 7) is 6.84. The molecule has 2 atom stereocenters. The number of carbonyl (C=O) groups is 1. The minimum Gasteiger partial charge on any atom is -0.479 e. The van der Waals surface area contributed by atoms with Gasteiger partial charge in [-0.3, -0.25) is 0 Å². The van der Waals surface area contributed by atoms with Crippen LogP contribution >= 0.6 is 0 Å². The van der Waals surface area contributed by atoms with Gasteiger partial charge in [0.15, 0.2) is 5.60 Å². The van der Waals surface area contributed by atoms with E-state index in [1.54, 1.807) is 0 Å². The zero-order chi connectivity index (χ0) is 14.4. The van der Waals surface area contributed by atoms with E-state index in [0.29, 0.717) is 0 Å². The summed E-state index contributed by atoms with van der Waals surface area (Å²) in [4.78, 5) is 11.1. The average molecular weight is 260 g/mol. The maximum Gasteiger partial charge on any atom is 0.336 e. The second-order valence-electron chi connectivity index (χ2n) is 4.26. The normalized spacial score (nSPS) is 16.7. The molecule has 0 aromatic heterocycles. The molecular formula is C12H20O6. The van der Waals surface area contributed by atoms with Gasteiger partial charge in [0, 0.05) is 18.8 Å². The molecule has 0 aliphatic heterocycles.